The summed E-state index contributed by atoms with van der Waals surface area (Å²) in [5, 5.41) is 12.4. The van der Waals surface area contributed by atoms with Gasteiger partial charge in [-0.2, -0.15) is 0 Å². The predicted octanol–water partition coefficient (Wildman–Crippen LogP) is 5.09. The van der Waals surface area contributed by atoms with E-state index in [1.165, 1.54) is 12.1 Å². The maximum Gasteiger partial charge on any atom is 0.139 e. The van der Waals surface area contributed by atoms with E-state index in [-0.39, 0.29) is 18.2 Å². The predicted molar refractivity (Wildman–Crippen MR) is 133 cm³/mol. The van der Waals surface area contributed by atoms with Crippen molar-refractivity contribution in [1.29, 1.82) is 0 Å². The van der Waals surface area contributed by atoms with Crippen LogP contribution in [-0.4, -0.2) is 47.6 Å². The standard InChI is InChI=1S/C12H14BrFN2O2.C10H14BrFN2O/c1-2-18-4-3-16-11-5-8(13)9(14)6-10(11)15-12(16)7-17;1-2-15-4-3-14-10-5-7(11)8(12)6-9(10)13/h5-6,17H,2-4,7H2,1H3;5-6,14H,2-4,13H2,1H3. The molecule has 0 amide bonds. The van der Waals surface area contributed by atoms with Crippen molar-refractivity contribution in [3.8, 4) is 0 Å². The van der Waals surface area contributed by atoms with Crippen molar-refractivity contribution in [3.05, 3.63) is 50.7 Å². The van der Waals surface area contributed by atoms with Crippen LogP contribution in [0, 0.1) is 11.6 Å². The van der Waals surface area contributed by atoms with Gasteiger partial charge in [0, 0.05) is 38.4 Å². The van der Waals surface area contributed by atoms with E-state index in [4.69, 9.17) is 15.2 Å². The molecule has 0 bridgehead atoms. The van der Waals surface area contributed by atoms with Gasteiger partial charge in [-0.05, 0) is 57.8 Å². The fourth-order valence-corrected chi connectivity index (χ4v) is 3.63. The summed E-state index contributed by atoms with van der Waals surface area (Å²) in [4.78, 5) is 4.21. The Balaban J connectivity index is 0.000000238. The van der Waals surface area contributed by atoms with E-state index >= 15 is 0 Å². The summed E-state index contributed by atoms with van der Waals surface area (Å²) in [6.45, 7) is 7.36. The second-order valence-corrected chi connectivity index (χ2v) is 8.48. The van der Waals surface area contributed by atoms with Gasteiger partial charge in [0.2, 0.25) is 0 Å². The third-order valence-corrected chi connectivity index (χ3v) is 5.75. The highest BCUT2D eigenvalue weighted by atomic mass is 79.9. The quantitative estimate of drug-likeness (QED) is 0.224. The number of benzene rings is 2. The van der Waals surface area contributed by atoms with Crippen LogP contribution in [-0.2, 0) is 22.6 Å². The first-order valence-electron chi connectivity index (χ1n) is 10.4. The summed E-state index contributed by atoms with van der Waals surface area (Å²) >= 11 is 6.25. The molecule has 0 aliphatic carbocycles. The van der Waals surface area contributed by atoms with Crippen LogP contribution in [0.4, 0.5) is 20.2 Å². The molecule has 4 N–H and O–H groups in total. The summed E-state index contributed by atoms with van der Waals surface area (Å²) in [6.07, 6.45) is 0. The minimum Gasteiger partial charge on any atom is -0.397 e. The Kier molecular flexibility index (Phi) is 11.5. The molecule has 2 aromatic carbocycles. The van der Waals surface area contributed by atoms with Crippen molar-refractivity contribution in [2.75, 3.05) is 44.0 Å². The van der Waals surface area contributed by atoms with Crippen molar-refractivity contribution >= 4 is 54.3 Å². The molecule has 0 radical (unpaired) electrons. The molecule has 7 nitrogen and oxygen atoms in total. The number of fused-ring (bicyclic) bond motifs is 1. The van der Waals surface area contributed by atoms with E-state index < -0.39 is 0 Å². The number of nitrogens with two attached hydrogens (primary N) is 1. The minimum atomic E-state index is -0.360. The molecule has 0 unspecified atom stereocenters. The second-order valence-electron chi connectivity index (χ2n) is 6.77. The Morgan fingerprint density at radius 2 is 1.67 bits per heavy atom. The first-order chi connectivity index (χ1) is 15.8. The molecule has 182 valence electrons. The molecule has 0 atom stereocenters. The highest BCUT2D eigenvalue weighted by Crippen LogP contribution is 2.26. The zero-order valence-electron chi connectivity index (χ0n) is 18.5. The van der Waals surface area contributed by atoms with Crippen molar-refractivity contribution in [3.63, 3.8) is 0 Å². The zero-order valence-corrected chi connectivity index (χ0v) is 21.7. The summed E-state index contributed by atoms with van der Waals surface area (Å²) < 4.78 is 39.5. The van der Waals surface area contributed by atoms with E-state index in [2.05, 4.69) is 42.2 Å². The minimum absolute atomic E-state index is 0.181. The number of nitrogen functional groups attached to an aromatic ring is 1. The topological polar surface area (TPSA) is 94.6 Å². The molecule has 0 saturated heterocycles. The molecular weight excluding hydrogens is 566 g/mol. The zero-order chi connectivity index (χ0) is 24.4. The van der Waals surface area contributed by atoms with E-state index in [9.17, 15) is 13.9 Å². The van der Waals surface area contributed by atoms with Gasteiger partial charge in [-0.15, -0.1) is 0 Å². The van der Waals surface area contributed by atoms with Crippen molar-refractivity contribution < 1.29 is 23.4 Å². The number of halogens is 4. The van der Waals surface area contributed by atoms with Gasteiger partial charge in [-0.25, -0.2) is 13.8 Å². The fourth-order valence-electron chi connectivity index (χ4n) is 2.96. The molecule has 1 heterocycles. The van der Waals surface area contributed by atoms with E-state index in [1.807, 2.05) is 18.4 Å². The Hall–Kier alpha value is -1.79. The smallest absolute Gasteiger partial charge is 0.139 e. The SMILES string of the molecule is CCOCCNc1cc(Br)c(F)cc1N.CCOCCn1c(CO)nc2cc(F)c(Br)cc21. The largest absolute Gasteiger partial charge is 0.397 e. The molecular formula is C22H28Br2F2N4O3. The van der Waals surface area contributed by atoms with E-state index in [0.717, 1.165) is 5.52 Å². The van der Waals surface area contributed by atoms with Crippen LogP contribution in [0.3, 0.4) is 0 Å². The van der Waals surface area contributed by atoms with Gasteiger partial charge < -0.3 is 30.2 Å². The average molecular weight is 594 g/mol. The van der Waals surface area contributed by atoms with Gasteiger partial charge in [-0.1, -0.05) is 0 Å². The number of ether oxygens (including phenoxy) is 2. The van der Waals surface area contributed by atoms with Crippen molar-refractivity contribution in [2.24, 2.45) is 0 Å². The maximum atomic E-state index is 13.4. The monoisotopic (exact) mass is 592 g/mol. The molecule has 0 saturated carbocycles. The molecule has 0 fully saturated rings. The van der Waals surface area contributed by atoms with Crippen LogP contribution in [0.25, 0.3) is 11.0 Å². The maximum absolute atomic E-state index is 13.4. The summed E-state index contributed by atoms with van der Waals surface area (Å²) in [5.41, 5.74) is 8.07. The molecule has 0 spiro atoms. The van der Waals surface area contributed by atoms with Gasteiger partial charge >= 0.3 is 0 Å². The van der Waals surface area contributed by atoms with E-state index in [0.29, 0.717) is 71.2 Å². The average Bonchev–Trinajstić information content (AvgIpc) is 3.12. The van der Waals surface area contributed by atoms with Gasteiger partial charge in [-0.3, -0.25) is 0 Å². The first-order valence-corrected chi connectivity index (χ1v) is 12.0. The number of nitrogens with one attached hydrogen (secondary N) is 1. The number of anilines is 2. The van der Waals surface area contributed by atoms with Gasteiger partial charge in [0.15, 0.2) is 0 Å². The highest BCUT2D eigenvalue weighted by Gasteiger charge is 2.12. The number of nitrogens with zero attached hydrogens (tertiary/aromatic N) is 2. The van der Waals surface area contributed by atoms with Crippen LogP contribution in [0.15, 0.2) is 33.2 Å². The summed E-state index contributed by atoms with van der Waals surface area (Å²) in [7, 11) is 0. The third kappa shape index (κ3) is 7.89. The highest BCUT2D eigenvalue weighted by molar-refractivity contribution is 9.10. The Morgan fingerprint density at radius 3 is 2.33 bits per heavy atom. The number of imidazole rings is 1. The lowest BCUT2D eigenvalue weighted by atomic mass is 10.2. The van der Waals surface area contributed by atoms with Crippen LogP contribution in [0.1, 0.15) is 19.7 Å². The van der Waals surface area contributed by atoms with Gasteiger partial charge in [0.05, 0.1) is 44.6 Å². The third-order valence-electron chi connectivity index (χ3n) is 4.53. The van der Waals surface area contributed by atoms with Crippen LogP contribution < -0.4 is 11.1 Å². The Morgan fingerprint density at radius 1 is 1.03 bits per heavy atom. The first kappa shape index (κ1) is 27.5. The summed E-state index contributed by atoms with van der Waals surface area (Å²) in [5.74, 6) is -0.202. The molecule has 3 aromatic rings. The number of hydrogen-bond donors (Lipinski definition) is 3. The Labute approximate surface area is 208 Å². The van der Waals surface area contributed by atoms with Crippen molar-refractivity contribution in [1.82, 2.24) is 9.55 Å². The number of aromatic nitrogens is 2. The Bertz CT molecular complexity index is 1050. The summed E-state index contributed by atoms with van der Waals surface area (Å²) in [6, 6.07) is 5.93. The van der Waals surface area contributed by atoms with Gasteiger partial charge in [0.1, 0.15) is 24.1 Å². The lowest BCUT2D eigenvalue weighted by Gasteiger charge is -2.10. The molecule has 33 heavy (non-hydrogen) atoms. The number of aliphatic hydroxyl groups excluding tert-OH is 1. The normalized spacial score (nSPS) is 10.9. The lowest BCUT2D eigenvalue weighted by molar-refractivity contribution is 0.137. The van der Waals surface area contributed by atoms with Crippen LogP contribution in [0.2, 0.25) is 0 Å². The number of rotatable bonds is 10. The van der Waals surface area contributed by atoms with E-state index in [1.54, 1.807) is 12.1 Å². The van der Waals surface area contributed by atoms with Crippen LogP contribution >= 0.6 is 31.9 Å². The molecule has 0 aliphatic heterocycles. The fraction of sp³-hybridized carbons (Fsp3) is 0.409. The lowest BCUT2D eigenvalue weighted by Crippen LogP contribution is -2.10. The van der Waals surface area contributed by atoms with Gasteiger partial charge in [0.25, 0.3) is 0 Å². The molecule has 11 heteroatoms. The molecule has 1 aromatic heterocycles. The van der Waals surface area contributed by atoms with Crippen molar-refractivity contribution in [2.45, 2.75) is 27.0 Å². The number of hydrogen-bond acceptors (Lipinski definition) is 6. The number of aliphatic hydroxyl groups is 1. The molecule has 3 rings (SSSR count). The van der Waals surface area contributed by atoms with Crippen LogP contribution in [0.5, 0.6) is 0 Å². The molecule has 0 aliphatic rings. The second kappa shape index (κ2) is 13.8.